The molecule has 0 amide bonds. The first-order chi connectivity index (χ1) is 9.83. The van der Waals surface area contributed by atoms with Gasteiger partial charge in [-0.15, -0.1) is 0 Å². The Bertz CT molecular complexity index is 500. The number of rotatable bonds is 1. The third kappa shape index (κ3) is 2.04. The van der Waals surface area contributed by atoms with E-state index in [4.69, 9.17) is 10.5 Å². The van der Waals surface area contributed by atoms with Crippen LogP contribution < -0.4 is 5.73 Å². The van der Waals surface area contributed by atoms with E-state index in [2.05, 4.69) is 23.1 Å². The Labute approximate surface area is 121 Å². The molecule has 1 aliphatic heterocycles. The minimum Gasteiger partial charge on any atom is -0.399 e. The lowest BCUT2D eigenvalue weighted by molar-refractivity contribution is -0.103. The molecule has 1 saturated heterocycles. The van der Waals surface area contributed by atoms with Crippen LogP contribution in [0.2, 0.25) is 0 Å². The van der Waals surface area contributed by atoms with Crippen molar-refractivity contribution in [1.82, 2.24) is 4.90 Å². The molecule has 3 unspecified atom stereocenters. The molecule has 2 fully saturated rings. The van der Waals surface area contributed by atoms with Gasteiger partial charge in [0.1, 0.15) is 0 Å². The van der Waals surface area contributed by atoms with Gasteiger partial charge < -0.3 is 10.5 Å². The molecule has 3 heteroatoms. The second-order valence-corrected chi connectivity index (χ2v) is 6.51. The number of nitrogens with zero attached hydrogens (tertiary/aromatic N) is 1. The maximum Gasteiger partial charge on any atom is 0.0731 e. The van der Waals surface area contributed by atoms with Crippen LogP contribution >= 0.6 is 0 Å². The van der Waals surface area contributed by atoms with E-state index in [1.165, 1.54) is 49.7 Å². The van der Waals surface area contributed by atoms with E-state index in [0.29, 0.717) is 18.2 Å². The summed E-state index contributed by atoms with van der Waals surface area (Å²) in [4.78, 5) is 2.75. The first-order valence-electron chi connectivity index (χ1n) is 8.08. The van der Waals surface area contributed by atoms with Crippen molar-refractivity contribution in [3.63, 3.8) is 0 Å². The summed E-state index contributed by atoms with van der Waals surface area (Å²) in [6.07, 6.45) is 8.18. The molecule has 20 heavy (non-hydrogen) atoms. The van der Waals surface area contributed by atoms with Gasteiger partial charge in [0.25, 0.3) is 0 Å². The Morgan fingerprint density at radius 2 is 2.05 bits per heavy atom. The summed E-state index contributed by atoms with van der Waals surface area (Å²) in [5.41, 5.74) is 9.82. The fourth-order valence-corrected chi connectivity index (χ4v) is 4.47. The molecule has 1 saturated carbocycles. The molecule has 0 spiro atoms. The van der Waals surface area contributed by atoms with Crippen molar-refractivity contribution in [2.24, 2.45) is 0 Å². The highest BCUT2D eigenvalue weighted by atomic mass is 16.5. The molecule has 0 bridgehead atoms. The van der Waals surface area contributed by atoms with Crippen molar-refractivity contribution >= 4 is 5.69 Å². The summed E-state index contributed by atoms with van der Waals surface area (Å²) in [7, 11) is 0. The first-order valence-corrected chi connectivity index (χ1v) is 8.08. The van der Waals surface area contributed by atoms with E-state index in [1.54, 1.807) is 0 Å². The fourth-order valence-electron chi connectivity index (χ4n) is 4.47. The quantitative estimate of drug-likeness (QED) is 0.799. The van der Waals surface area contributed by atoms with Crippen LogP contribution in [0.4, 0.5) is 5.69 Å². The molecule has 3 atom stereocenters. The van der Waals surface area contributed by atoms with E-state index < -0.39 is 0 Å². The second-order valence-electron chi connectivity index (χ2n) is 6.51. The molecule has 3 aliphatic rings. The van der Waals surface area contributed by atoms with Crippen molar-refractivity contribution in [2.45, 2.75) is 56.7 Å². The van der Waals surface area contributed by atoms with Crippen LogP contribution in [0, 0.1) is 0 Å². The number of fused-ring (bicyclic) bond motifs is 2. The van der Waals surface area contributed by atoms with Crippen molar-refractivity contribution in [1.29, 1.82) is 0 Å². The van der Waals surface area contributed by atoms with Crippen LogP contribution in [-0.4, -0.2) is 30.2 Å². The summed E-state index contributed by atoms with van der Waals surface area (Å²) < 4.78 is 6.02. The van der Waals surface area contributed by atoms with Crippen molar-refractivity contribution in [3.05, 3.63) is 29.3 Å². The molecular formula is C17H24N2O. The number of hydrogen-bond acceptors (Lipinski definition) is 3. The molecule has 1 aromatic carbocycles. The number of anilines is 1. The second kappa shape index (κ2) is 5.05. The third-order valence-electron chi connectivity index (χ3n) is 5.39. The van der Waals surface area contributed by atoms with Gasteiger partial charge in [-0.25, -0.2) is 0 Å². The third-order valence-corrected chi connectivity index (χ3v) is 5.39. The number of ether oxygens (including phenoxy) is 1. The highest BCUT2D eigenvalue weighted by Gasteiger charge is 2.39. The summed E-state index contributed by atoms with van der Waals surface area (Å²) in [6, 6.07) is 7.74. The molecule has 0 radical (unpaired) electrons. The van der Waals surface area contributed by atoms with Crippen LogP contribution in [0.5, 0.6) is 0 Å². The summed E-state index contributed by atoms with van der Waals surface area (Å²) in [5.74, 6) is 0. The average molecular weight is 272 g/mol. The highest BCUT2D eigenvalue weighted by Crippen LogP contribution is 2.41. The zero-order valence-electron chi connectivity index (χ0n) is 12.1. The van der Waals surface area contributed by atoms with Gasteiger partial charge >= 0.3 is 0 Å². The Morgan fingerprint density at radius 3 is 3.00 bits per heavy atom. The standard InChI is InChI=1S/C17H24N2O/c18-13-6-7-14-12(11-13)5-8-15(14)19-9-10-20-17-4-2-1-3-16(17)19/h6-7,11,15-17H,1-5,8-10,18H2. The van der Waals surface area contributed by atoms with Gasteiger partial charge in [0, 0.05) is 24.3 Å². The SMILES string of the molecule is Nc1ccc2c(c1)CCC2N1CCOC2CCCCC21. The fraction of sp³-hybridized carbons (Fsp3) is 0.647. The smallest absolute Gasteiger partial charge is 0.0731 e. The summed E-state index contributed by atoms with van der Waals surface area (Å²) in [6.45, 7) is 2.00. The Kier molecular flexibility index (Phi) is 3.20. The molecule has 2 aliphatic carbocycles. The Balaban J connectivity index is 1.62. The predicted octanol–water partition coefficient (Wildman–Crippen LogP) is 2.90. The minimum atomic E-state index is 0.482. The van der Waals surface area contributed by atoms with Crippen LogP contribution in [0.3, 0.4) is 0 Å². The van der Waals surface area contributed by atoms with E-state index in [-0.39, 0.29) is 0 Å². The molecule has 1 aromatic rings. The lowest BCUT2D eigenvalue weighted by Crippen LogP contribution is -2.53. The van der Waals surface area contributed by atoms with Crippen molar-refractivity contribution in [3.8, 4) is 0 Å². The number of nitrogens with two attached hydrogens (primary N) is 1. The minimum absolute atomic E-state index is 0.482. The maximum atomic E-state index is 6.02. The van der Waals surface area contributed by atoms with E-state index in [1.807, 2.05) is 0 Å². The number of morpholine rings is 1. The summed E-state index contributed by atoms with van der Waals surface area (Å²) in [5, 5.41) is 0. The highest BCUT2D eigenvalue weighted by molar-refractivity contribution is 5.47. The molecule has 108 valence electrons. The molecule has 2 N–H and O–H groups in total. The lowest BCUT2D eigenvalue weighted by Gasteiger charge is -2.46. The van der Waals surface area contributed by atoms with Crippen LogP contribution in [0.25, 0.3) is 0 Å². The molecule has 1 heterocycles. The van der Waals surface area contributed by atoms with Gasteiger partial charge in [-0.2, -0.15) is 0 Å². The Morgan fingerprint density at radius 1 is 1.15 bits per heavy atom. The van der Waals surface area contributed by atoms with Gasteiger partial charge in [0.2, 0.25) is 0 Å². The number of nitrogen functional groups attached to an aromatic ring is 1. The number of hydrogen-bond donors (Lipinski definition) is 1. The number of benzene rings is 1. The maximum absolute atomic E-state index is 6.02. The van der Waals surface area contributed by atoms with Crippen LogP contribution in [0.15, 0.2) is 18.2 Å². The monoisotopic (exact) mass is 272 g/mol. The average Bonchev–Trinajstić information content (AvgIpc) is 2.89. The van der Waals surface area contributed by atoms with Gasteiger partial charge in [-0.1, -0.05) is 18.9 Å². The van der Waals surface area contributed by atoms with E-state index in [9.17, 15) is 0 Å². The largest absolute Gasteiger partial charge is 0.399 e. The normalized spacial score (nSPS) is 33.7. The first kappa shape index (κ1) is 12.7. The van der Waals surface area contributed by atoms with Gasteiger partial charge in [-0.05, 0) is 48.9 Å². The molecule has 4 rings (SSSR count). The van der Waals surface area contributed by atoms with Crippen LogP contribution in [0.1, 0.15) is 49.3 Å². The van der Waals surface area contributed by atoms with Crippen molar-refractivity contribution in [2.75, 3.05) is 18.9 Å². The molecular weight excluding hydrogens is 248 g/mol. The Hall–Kier alpha value is -1.06. The van der Waals surface area contributed by atoms with E-state index in [0.717, 1.165) is 18.8 Å². The summed E-state index contributed by atoms with van der Waals surface area (Å²) >= 11 is 0. The molecule has 3 nitrogen and oxygen atoms in total. The van der Waals surface area contributed by atoms with Crippen molar-refractivity contribution < 1.29 is 4.74 Å². The van der Waals surface area contributed by atoms with Gasteiger partial charge in [-0.3, -0.25) is 4.90 Å². The zero-order valence-corrected chi connectivity index (χ0v) is 12.1. The topological polar surface area (TPSA) is 38.5 Å². The number of aryl methyl sites for hydroxylation is 1. The predicted molar refractivity (Wildman–Crippen MR) is 80.6 cm³/mol. The molecule has 0 aromatic heterocycles. The van der Waals surface area contributed by atoms with Gasteiger partial charge in [0.05, 0.1) is 12.7 Å². The van der Waals surface area contributed by atoms with E-state index >= 15 is 0 Å². The van der Waals surface area contributed by atoms with Gasteiger partial charge in [0.15, 0.2) is 0 Å². The zero-order chi connectivity index (χ0) is 13.5. The lowest BCUT2D eigenvalue weighted by atomic mass is 9.88. The van der Waals surface area contributed by atoms with Crippen LogP contribution in [-0.2, 0) is 11.2 Å².